The van der Waals surface area contributed by atoms with Crippen LogP contribution in [-0.2, 0) is 23.9 Å². The Kier molecular flexibility index (Phi) is 24.0. The summed E-state index contributed by atoms with van der Waals surface area (Å²) in [4.78, 5) is 28.6. The lowest BCUT2D eigenvalue weighted by atomic mass is 9.66. The minimum absolute atomic E-state index is 0.0439. The topological polar surface area (TPSA) is 137 Å². The van der Waals surface area contributed by atoms with E-state index in [2.05, 4.69) is 98.9 Å². The predicted octanol–water partition coefficient (Wildman–Crippen LogP) is 12.8. The lowest BCUT2D eigenvalue weighted by molar-refractivity contribution is -0.0711. The summed E-state index contributed by atoms with van der Waals surface area (Å²) in [6, 6.07) is 30.6. The maximum Gasteiger partial charge on any atom is 0.330 e. The quantitative estimate of drug-likeness (QED) is 0.0279. The molecule has 13 heteroatoms. The first kappa shape index (κ1) is 55.6. The van der Waals surface area contributed by atoms with Crippen molar-refractivity contribution in [1.29, 1.82) is 5.26 Å². The summed E-state index contributed by atoms with van der Waals surface area (Å²) in [5.74, 6) is 1.50. The summed E-state index contributed by atoms with van der Waals surface area (Å²) in [6.45, 7) is 11.3. The first-order valence-electron chi connectivity index (χ1n) is 25.8. The highest BCUT2D eigenvalue weighted by Crippen LogP contribution is 2.52. The molecule has 0 spiro atoms. The van der Waals surface area contributed by atoms with Gasteiger partial charge in [-0.15, -0.1) is 0 Å². The summed E-state index contributed by atoms with van der Waals surface area (Å²) in [7, 11) is 1.58. The molecule has 3 aromatic carbocycles. The second-order valence-corrected chi connectivity index (χ2v) is 20.3. The van der Waals surface area contributed by atoms with Crippen molar-refractivity contribution in [2.75, 3.05) is 27.4 Å². The molecule has 2 heterocycles. The van der Waals surface area contributed by atoms with E-state index in [1.807, 2.05) is 30.3 Å². The number of nitrogens with zero attached hydrogens (tertiary/aromatic N) is 3. The molecule has 378 valence electrons. The number of hydrogen-bond acceptors (Lipinski definition) is 10. The molecule has 12 nitrogen and oxygen atoms in total. The number of hydrogen-bond donors (Lipinski definition) is 1. The molecule has 1 N–H and O–H groups in total. The van der Waals surface area contributed by atoms with Crippen molar-refractivity contribution in [2.24, 2.45) is 0 Å². The first-order chi connectivity index (χ1) is 33.6. The van der Waals surface area contributed by atoms with Gasteiger partial charge in [-0.05, 0) is 87.9 Å². The SMILES string of the molecule is CCCCCCCCCCCCCCCCO[C@@H]1[C@H](OP(OCCC#N)N(C(C)C)C(C)C)C(CCC(c2ccccc2)(c2ccc(OC)cc2)c2ccc(OC)cc2)O[C@H]1n1ccc(=O)[nH]c1=O. The average Bonchev–Trinajstić information content (AvgIpc) is 3.68. The molecule has 0 amide bonds. The van der Waals surface area contributed by atoms with Gasteiger partial charge in [0.2, 0.25) is 0 Å². The number of H-pyrrole nitrogens is 1. The lowest BCUT2D eigenvalue weighted by Gasteiger charge is -2.39. The van der Waals surface area contributed by atoms with E-state index < -0.39 is 49.7 Å². The van der Waals surface area contributed by atoms with Crippen LogP contribution in [0, 0.1) is 11.3 Å². The Morgan fingerprint density at radius 3 is 1.72 bits per heavy atom. The van der Waals surface area contributed by atoms with E-state index in [0.717, 1.165) is 47.5 Å². The molecular formula is C56H81N4O8P. The Morgan fingerprint density at radius 2 is 1.23 bits per heavy atom. The number of ether oxygens (including phenoxy) is 4. The smallest absolute Gasteiger partial charge is 0.330 e. The molecule has 1 saturated heterocycles. The van der Waals surface area contributed by atoms with Gasteiger partial charge in [0.05, 0.1) is 39.4 Å². The summed E-state index contributed by atoms with van der Waals surface area (Å²) in [5.41, 5.74) is 1.42. The van der Waals surface area contributed by atoms with Gasteiger partial charge in [-0.2, -0.15) is 5.26 Å². The number of unbranched alkanes of at least 4 members (excludes halogenated alkanes) is 13. The molecule has 5 atom stereocenters. The minimum atomic E-state index is -1.75. The molecule has 69 heavy (non-hydrogen) atoms. The number of methoxy groups -OCH3 is 2. The van der Waals surface area contributed by atoms with Crippen LogP contribution in [0.2, 0.25) is 0 Å². The highest BCUT2D eigenvalue weighted by atomic mass is 31.2. The van der Waals surface area contributed by atoms with Crippen molar-refractivity contribution in [1.82, 2.24) is 14.2 Å². The highest BCUT2D eigenvalue weighted by molar-refractivity contribution is 7.44. The van der Waals surface area contributed by atoms with Gasteiger partial charge < -0.3 is 28.0 Å². The Hall–Kier alpha value is -4.34. The number of benzene rings is 3. The van der Waals surface area contributed by atoms with E-state index in [9.17, 15) is 14.9 Å². The van der Waals surface area contributed by atoms with Crippen molar-refractivity contribution in [2.45, 2.75) is 186 Å². The van der Waals surface area contributed by atoms with Crippen LogP contribution in [0.5, 0.6) is 11.5 Å². The van der Waals surface area contributed by atoms with E-state index >= 15 is 0 Å². The van der Waals surface area contributed by atoms with Gasteiger partial charge in [-0.3, -0.25) is 14.3 Å². The van der Waals surface area contributed by atoms with Crippen LogP contribution in [0.25, 0.3) is 0 Å². The third kappa shape index (κ3) is 16.1. The maximum absolute atomic E-state index is 13.7. The van der Waals surface area contributed by atoms with E-state index in [-0.39, 0.29) is 25.1 Å². The van der Waals surface area contributed by atoms with E-state index in [1.54, 1.807) is 14.2 Å². The van der Waals surface area contributed by atoms with Gasteiger partial charge in [0.15, 0.2) is 6.23 Å². The fraction of sp³-hybridized carbons (Fsp3) is 0.589. The fourth-order valence-electron chi connectivity index (χ4n) is 9.78. The molecular weight excluding hydrogens is 888 g/mol. The van der Waals surface area contributed by atoms with E-state index in [4.69, 9.17) is 28.0 Å². The van der Waals surface area contributed by atoms with E-state index in [1.165, 1.54) is 87.5 Å². The first-order valence-corrected chi connectivity index (χ1v) is 26.9. The molecule has 4 aromatic rings. The molecule has 1 fully saturated rings. The zero-order valence-electron chi connectivity index (χ0n) is 42.6. The fourth-order valence-corrected chi connectivity index (χ4v) is 11.5. The van der Waals surface area contributed by atoms with Crippen LogP contribution in [0.3, 0.4) is 0 Å². The summed E-state index contributed by atoms with van der Waals surface area (Å²) in [6.07, 6.45) is 17.2. The van der Waals surface area contributed by atoms with Crippen molar-refractivity contribution >= 4 is 8.53 Å². The largest absolute Gasteiger partial charge is 0.497 e. The number of aromatic amines is 1. The lowest BCUT2D eigenvalue weighted by Crippen LogP contribution is -2.42. The molecule has 1 aromatic heterocycles. The van der Waals surface area contributed by atoms with Gasteiger partial charge in [0.25, 0.3) is 14.1 Å². The normalized spacial score (nSPS) is 17.7. The highest BCUT2D eigenvalue weighted by Gasteiger charge is 2.51. The van der Waals surface area contributed by atoms with E-state index in [0.29, 0.717) is 19.4 Å². The summed E-state index contributed by atoms with van der Waals surface area (Å²) in [5, 5.41) is 9.57. The Balaban J connectivity index is 1.48. The standard InChI is InChI=1S/C56H81N4O8P/c1-8-9-10-11-12-13-14-15-16-17-18-19-20-24-41-65-53-52(68-69(66-42-25-39-57)60(43(2)3)44(4)5)50(67-54(53)59-40-37-51(61)58-55(59)62)36-38-56(45-26-22-21-23-27-45,46-28-32-48(63-6)33-29-46)47-30-34-49(64-7)35-31-47/h21-23,26-35,37,40,43-44,50,52-54H,8-20,24-25,36,38,41-42H2,1-7H3,(H,58,61,62)/t50?,52-,53-,54-,69?/m1/s1. The molecule has 1 aliphatic heterocycles. The van der Waals surface area contributed by atoms with Crippen LogP contribution in [0.15, 0.2) is 101 Å². The zero-order valence-corrected chi connectivity index (χ0v) is 43.5. The molecule has 0 aliphatic carbocycles. The van der Waals surface area contributed by atoms with Gasteiger partial charge in [0.1, 0.15) is 23.7 Å². The molecule has 1 aliphatic rings. The van der Waals surface area contributed by atoms with Crippen LogP contribution in [0.1, 0.15) is 167 Å². The maximum atomic E-state index is 13.7. The van der Waals surface area contributed by atoms with Crippen molar-refractivity contribution in [3.05, 3.63) is 129 Å². The number of nitriles is 1. The predicted molar refractivity (Wildman–Crippen MR) is 277 cm³/mol. The molecule has 0 radical (unpaired) electrons. The zero-order chi connectivity index (χ0) is 49.4. The van der Waals surface area contributed by atoms with Crippen LogP contribution >= 0.6 is 8.53 Å². The number of nitrogens with one attached hydrogen (secondary N) is 1. The third-order valence-corrected chi connectivity index (χ3v) is 15.5. The van der Waals surface area contributed by atoms with Gasteiger partial charge in [-0.1, -0.05) is 145 Å². The van der Waals surface area contributed by atoms with Gasteiger partial charge >= 0.3 is 5.69 Å². The monoisotopic (exact) mass is 969 g/mol. The van der Waals surface area contributed by atoms with Crippen molar-refractivity contribution < 1.29 is 28.0 Å². The van der Waals surface area contributed by atoms with Gasteiger partial charge in [-0.25, -0.2) is 9.46 Å². The van der Waals surface area contributed by atoms with Crippen molar-refractivity contribution in [3.63, 3.8) is 0 Å². The average molecular weight is 969 g/mol. The number of rotatable bonds is 33. The molecule has 2 unspecified atom stereocenters. The van der Waals surface area contributed by atoms with Crippen LogP contribution in [0.4, 0.5) is 0 Å². The third-order valence-electron chi connectivity index (χ3n) is 13.3. The number of aromatic nitrogens is 2. The van der Waals surface area contributed by atoms with Gasteiger partial charge in [0, 0.05) is 36.4 Å². The Morgan fingerprint density at radius 1 is 0.710 bits per heavy atom. The van der Waals surface area contributed by atoms with Crippen LogP contribution in [-0.4, -0.2) is 72.1 Å². The summed E-state index contributed by atoms with van der Waals surface area (Å²) < 4.78 is 42.7. The van der Waals surface area contributed by atoms with Crippen LogP contribution < -0.4 is 20.7 Å². The Bertz CT molecular complexity index is 2140. The molecule has 0 saturated carbocycles. The Labute approximate surface area is 414 Å². The molecule has 0 bridgehead atoms. The molecule has 5 rings (SSSR count). The summed E-state index contributed by atoms with van der Waals surface area (Å²) >= 11 is 0. The second kappa shape index (κ2) is 29.8. The van der Waals surface area contributed by atoms with Crippen molar-refractivity contribution in [3.8, 4) is 17.6 Å². The second-order valence-electron chi connectivity index (χ2n) is 18.9. The minimum Gasteiger partial charge on any atom is -0.497 e.